The van der Waals surface area contributed by atoms with E-state index in [0.717, 1.165) is 41.8 Å². The largest absolute Gasteiger partial charge is 0.399 e. The minimum atomic E-state index is -0.0928. The molecule has 1 aliphatic rings. The molecule has 0 aliphatic heterocycles. The number of carbonyl (C=O) groups is 1. The molecule has 1 aromatic rings. The fourth-order valence-electron chi connectivity index (χ4n) is 3.02. The van der Waals surface area contributed by atoms with E-state index in [0.29, 0.717) is 0 Å². The van der Waals surface area contributed by atoms with Crippen LogP contribution in [0.15, 0.2) is 23.4 Å². The number of anilines is 1. The van der Waals surface area contributed by atoms with E-state index in [-0.39, 0.29) is 17.8 Å². The molecule has 0 radical (unpaired) electrons. The van der Waals surface area contributed by atoms with Crippen molar-refractivity contribution in [1.82, 2.24) is 0 Å². The van der Waals surface area contributed by atoms with Crippen LogP contribution >= 0.6 is 11.6 Å². The van der Waals surface area contributed by atoms with E-state index in [4.69, 9.17) is 16.4 Å². The Labute approximate surface area is 130 Å². The summed E-state index contributed by atoms with van der Waals surface area (Å²) in [6.45, 7) is 4.03. The van der Waals surface area contributed by atoms with Crippen LogP contribution in [0.2, 0.25) is 0 Å². The van der Waals surface area contributed by atoms with Crippen molar-refractivity contribution in [3.8, 4) is 0 Å². The van der Waals surface area contributed by atoms with Gasteiger partial charge in [0, 0.05) is 0 Å². The maximum absolute atomic E-state index is 12.5. The van der Waals surface area contributed by atoms with Gasteiger partial charge in [-0.15, -0.1) is 11.6 Å². The van der Waals surface area contributed by atoms with Gasteiger partial charge >= 0.3 is 0 Å². The Bertz CT molecular complexity index is 537. The molecule has 0 N–H and O–H groups in total. The van der Waals surface area contributed by atoms with Gasteiger partial charge in [0.05, 0.1) is 17.4 Å². The minimum Gasteiger partial charge on any atom is -0.399 e. The SMILES string of the molecule is CON=C1CCCC1N(C(=O)CCl)c1c(C)cccc1C. The summed E-state index contributed by atoms with van der Waals surface area (Å²) in [5.41, 5.74) is 3.99. The van der Waals surface area contributed by atoms with Crippen molar-refractivity contribution >= 4 is 28.9 Å². The Balaban J connectivity index is 2.49. The van der Waals surface area contributed by atoms with Crippen molar-refractivity contribution in [2.24, 2.45) is 5.16 Å². The summed E-state index contributed by atoms with van der Waals surface area (Å²) >= 11 is 5.84. The molecule has 5 heteroatoms. The lowest BCUT2D eigenvalue weighted by atomic mass is 10.0. The van der Waals surface area contributed by atoms with Crippen molar-refractivity contribution in [2.45, 2.75) is 39.2 Å². The lowest BCUT2D eigenvalue weighted by Gasteiger charge is -2.31. The van der Waals surface area contributed by atoms with Gasteiger partial charge < -0.3 is 9.74 Å². The standard InChI is InChI=1S/C16H21ClN2O2/c1-11-6-4-7-12(2)16(11)19(15(20)10-17)14-9-5-8-13(14)18-21-3/h4,6-7,14H,5,8-10H2,1-3H3. The topological polar surface area (TPSA) is 41.9 Å². The maximum Gasteiger partial charge on any atom is 0.242 e. The summed E-state index contributed by atoms with van der Waals surface area (Å²) in [5, 5.41) is 4.11. The van der Waals surface area contributed by atoms with Crippen LogP contribution in [0, 0.1) is 13.8 Å². The number of halogens is 1. The number of amides is 1. The molecule has 2 rings (SSSR count). The summed E-state index contributed by atoms with van der Waals surface area (Å²) < 4.78 is 0. The molecule has 21 heavy (non-hydrogen) atoms. The fraction of sp³-hybridized carbons (Fsp3) is 0.500. The van der Waals surface area contributed by atoms with Crippen LogP contribution in [0.5, 0.6) is 0 Å². The van der Waals surface area contributed by atoms with E-state index in [2.05, 4.69) is 5.16 Å². The van der Waals surface area contributed by atoms with Gasteiger partial charge in [-0.3, -0.25) is 4.79 Å². The number of benzene rings is 1. The van der Waals surface area contributed by atoms with Gasteiger partial charge in [0.1, 0.15) is 13.0 Å². The average molecular weight is 309 g/mol. The van der Waals surface area contributed by atoms with Gasteiger partial charge in [-0.1, -0.05) is 23.4 Å². The molecule has 0 saturated heterocycles. The smallest absolute Gasteiger partial charge is 0.242 e. The summed E-state index contributed by atoms with van der Waals surface area (Å²) in [6, 6.07) is 5.96. The molecule has 1 saturated carbocycles. The predicted octanol–water partition coefficient (Wildman–Crippen LogP) is 3.43. The molecule has 1 unspecified atom stereocenters. The highest BCUT2D eigenvalue weighted by Gasteiger charge is 2.34. The van der Waals surface area contributed by atoms with Crippen molar-refractivity contribution < 1.29 is 9.63 Å². The Morgan fingerprint density at radius 2 is 2.10 bits per heavy atom. The second-order valence-corrected chi connectivity index (χ2v) is 5.58. The van der Waals surface area contributed by atoms with Gasteiger partial charge in [-0.05, 0) is 44.2 Å². The highest BCUT2D eigenvalue weighted by molar-refractivity contribution is 6.30. The number of alkyl halides is 1. The minimum absolute atomic E-state index is 0.0372. The number of para-hydroxylation sites is 1. The third-order valence-electron chi connectivity index (χ3n) is 3.88. The van der Waals surface area contributed by atoms with Gasteiger partial charge in [0.25, 0.3) is 0 Å². The third-order valence-corrected chi connectivity index (χ3v) is 4.11. The monoisotopic (exact) mass is 308 g/mol. The number of hydrogen-bond acceptors (Lipinski definition) is 3. The van der Waals surface area contributed by atoms with Crippen LogP contribution in [0.3, 0.4) is 0 Å². The molecule has 1 aromatic carbocycles. The summed E-state index contributed by atoms with van der Waals surface area (Å²) in [5.74, 6) is -0.130. The second-order valence-electron chi connectivity index (χ2n) is 5.31. The van der Waals surface area contributed by atoms with E-state index in [9.17, 15) is 4.79 Å². The van der Waals surface area contributed by atoms with Gasteiger partial charge in [0.15, 0.2) is 0 Å². The van der Waals surface area contributed by atoms with Crippen LogP contribution < -0.4 is 4.90 Å². The van der Waals surface area contributed by atoms with Crippen LogP contribution in [0.25, 0.3) is 0 Å². The van der Waals surface area contributed by atoms with Crippen LogP contribution in [0.1, 0.15) is 30.4 Å². The molecule has 0 spiro atoms. The van der Waals surface area contributed by atoms with E-state index in [1.165, 1.54) is 7.11 Å². The highest BCUT2D eigenvalue weighted by atomic mass is 35.5. The number of hydrogen-bond donors (Lipinski definition) is 0. The first kappa shape index (κ1) is 15.8. The Morgan fingerprint density at radius 3 is 2.67 bits per heavy atom. The van der Waals surface area contributed by atoms with Gasteiger partial charge in [-0.25, -0.2) is 0 Å². The first-order valence-electron chi connectivity index (χ1n) is 7.14. The number of rotatable bonds is 4. The molecular weight excluding hydrogens is 288 g/mol. The first-order chi connectivity index (χ1) is 10.1. The third kappa shape index (κ3) is 3.21. The molecule has 1 aliphatic carbocycles. The van der Waals surface area contributed by atoms with Crippen molar-refractivity contribution in [1.29, 1.82) is 0 Å². The molecule has 0 heterocycles. The molecule has 1 fully saturated rings. The van der Waals surface area contributed by atoms with Crippen LogP contribution in [0.4, 0.5) is 5.69 Å². The fourth-order valence-corrected chi connectivity index (χ4v) is 3.14. The van der Waals surface area contributed by atoms with Crippen LogP contribution in [-0.2, 0) is 9.63 Å². The number of aryl methyl sites for hydroxylation is 2. The zero-order chi connectivity index (χ0) is 15.4. The van der Waals surface area contributed by atoms with E-state index < -0.39 is 0 Å². The van der Waals surface area contributed by atoms with Crippen LogP contribution in [-0.4, -0.2) is 30.7 Å². The molecule has 1 amide bonds. The van der Waals surface area contributed by atoms with E-state index in [1.54, 1.807) is 0 Å². The Kier molecular flexibility index (Phi) is 5.23. The van der Waals surface area contributed by atoms with E-state index >= 15 is 0 Å². The lowest BCUT2D eigenvalue weighted by Crippen LogP contribution is -2.44. The zero-order valence-corrected chi connectivity index (χ0v) is 13.5. The number of carbonyl (C=O) groups excluding carboxylic acids is 1. The molecule has 0 bridgehead atoms. The van der Waals surface area contributed by atoms with Crippen molar-refractivity contribution in [3.63, 3.8) is 0 Å². The molecular formula is C16H21ClN2O2. The van der Waals surface area contributed by atoms with Crippen molar-refractivity contribution in [2.75, 3.05) is 17.9 Å². The van der Waals surface area contributed by atoms with Gasteiger partial charge in [0.2, 0.25) is 5.91 Å². The zero-order valence-electron chi connectivity index (χ0n) is 12.7. The summed E-state index contributed by atoms with van der Waals surface area (Å²) in [6.07, 6.45) is 2.75. The van der Waals surface area contributed by atoms with Crippen molar-refractivity contribution in [3.05, 3.63) is 29.3 Å². The average Bonchev–Trinajstić information content (AvgIpc) is 2.90. The molecule has 0 aromatic heterocycles. The quantitative estimate of drug-likeness (QED) is 0.631. The number of nitrogens with zero attached hydrogens (tertiary/aromatic N) is 2. The lowest BCUT2D eigenvalue weighted by molar-refractivity contribution is -0.116. The second kappa shape index (κ2) is 6.94. The molecule has 1 atom stereocenters. The van der Waals surface area contributed by atoms with Gasteiger partial charge in [-0.2, -0.15) is 0 Å². The number of oxime groups is 1. The highest BCUT2D eigenvalue weighted by Crippen LogP contribution is 2.32. The first-order valence-corrected chi connectivity index (χ1v) is 7.67. The molecule has 114 valence electrons. The summed E-state index contributed by atoms with van der Waals surface area (Å²) in [7, 11) is 1.54. The maximum atomic E-state index is 12.5. The Hall–Kier alpha value is -1.55. The summed E-state index contributed by atoms with van der Waals surface area (Å²) in [4.78, 5) is 19.2. The Morgan fingerprint density at radius 1 is 1.43 bits per heavy atom. The molecule has 4 nitrogen and oxygen atoms in total. The van der Waals surface area contributed by atoms with E-state index in [1.807, 2.05) is 36.9 Å². The predicted molar refractivity (Wildman–Crippen MR) is 86.2 cm³/mol. The normalized spacial score (nSPS) is 19.8.